The predicted molar refractivity (Wildman–Crippen MR) is 65.0 cm³/mol. The lowest BCUT2D eigenvalue weighted by Gasteiger charge is -2.32. The fraction of sp³-hybridized carbons (Fsp3) is 1.00. The Bertz CT molecular complexity index is 164. The average Bonchev–Trinajstić information content (AvgIpc) is 2.19. The fourth-order valence-corrected chi connectivity index (χ4v) is 2.53. The minimum absolute atomic E-state index is 0.399. The number of hydrogen-bond donors (Lipinski definition) is 2. The van der Waals surface area contributed by atoms with Crippen LogP contribution in [-0.2, 0) is 0 Å². The highest BCUT2D eigenvalue weighted by atomic mass is 16.3. The van der Waals surface area contributed by atoms with E-state index in [0.717, 1.165) is 31.8 Å². The summed E-state index contributed by atoms with van der Waals surface area (Å²) < 4.78 is 0. The molecule has 1 aliphatic carbocycles. The van der Waals surface area contributed by atoms with Gasteiger partial charge in [0.15, 0.2) is 0 Å². The van der Waals surface area contributed by atoms with E-state index in [1.54, 1.807) is 0 Å². The summed E-state index contributed by atoms with van der Waals surface area (Å²) in [6.45, 7) is 6.35. The molecule has 1 saturated carbocycles. The zero-order chi connectivity index (χ0) is 11.1. The molecule has 2 N–H and O–H groups in total. The first-order valence-electron chi connectivity index (χ1n) is 6.59. The van der Waals surface area contributed by atoms with Gasteiger partial charge < -0.3 is 10.4 Å². The molecule has 1 fully saturated rings. The van der Waals surface area contributed by atoms with Crippen molar-refractivity contribution in [1.82, 2.24) is 5.32 Å². The van der Waals surface area contributed by atoms with E-state index < -0.39 is 5.60 Å². The van der Waals surface area contributed by atoms with Crippen molar-refractivity contribution in [2.75, 3.05) is 13.1 Å². The van der Waals surface area contributed by atoms with Crippen LogP contribution in [0.15, 0.2) is 0 Å². The molecule has 0 aromatic heterocycles. The molecule has 1 aliphatic rings. The van der Waals surface area contributed by atoms with Gasteiger partial charge in [0.25, 0.3) is 0 Å². The third-order valence-electron chi connectivity index (χ3n) is 3.51. The highest BCUT2D eigenvalue weighted by molar-refractivity contribution is 4.84. The van der Waals surface area contributed by atoms with E-state index in [0.29, 0.717) is 0 Å². The van der Waals surface area contributed by atoms with Crippen LogP contribution in [0.4, 0.5) is 0 Å². The van der Waals surface area contributed by atoms with Crippen molar-refractivity contribution in [3.8, 4) is 0 Å². The first kappa shape index (κ1) is 13.0. The number of hydrogen-bond acceptors (Lipinski definition) is 2. The van der Waals surface area contributed by atoms with E-state index in [-0.39, 0.29) is 0 Å². The Morgan fingerprint density at radius 2 is 1.93 bits per heavy atom. The van der Waals surface area contributed by atoms with E-state index in [1.807, 2.05) is 0 Å². The lowest BCUT2D eigenvalue weighted by atomic mass is 9.85. The summed E-state index contributed by atoms with van der Waals surface area (Å²) in [5, 5.41) is 13.7. The van der Waals surface area contributed by atoms with E-state index >= 15 is 0 Å². The van der Waals surface area contributed by atoms with Crippen LogP contribution in [-0.4, -0.2) is 23.8 Å². The van der Waals surface area contributed by atoms with Gasteiger partial charge in [-0.15, -0.1) is 0 Å². The van der Waals surface area contributed by atoms with E-state index in [4.69, 9.17) is 0 Å². The third-order valence-corrected chi connectivity index (χ3v) is 3.51. The van der Waals surface area contributed by atoms with Gasteiger partial charge in [0.2, 0.25) is 0 Å². The maximum Gasteiger partial charge on any atom is 0.0771 e. The summed E-state index contributed by atoms with van der Waals surface area (Å²) in [5.41, 5.74) is -0.399. The van der Waals surface area contributed by atoms with Gasteiger partial charge in [-0.3, -0.25) is 0 Å². The first-order valence-corrected chi connectivity index (χ1v) is 6.59. The Hall–Kier alpha value is -0.0800. The van der Waals surface area contributed by atoms with Crippen LogP contribution in [0, 0.1) is 5.92 Å². The summed E-state index contributed by atoms with van der Waals surface area (Å²) in [5.74, 6) is 0.738. The molecule has 0 saturated heterocycles. The molecule has 90 valence electrons. The molecule has 0 amide bonds. The van der Waals surface area contributed by atoms with Crippen LogP contribution >= 0.6 is 0 Å². The van der Waals surface area contributed by atoms with Gasteiger partial charge >= 0.3 is 0 Å². The SMILES string of the molecule is CCC[C@@H](C)CNCC1(O)CCCCC1. The zero-order valence-corrected chi connectivity index (χ0v) is 10.4. The first-order chi connectivity index (χ1) is 7.16. The maximum atomic E-state index is 10.3. The number of aliphatic hydroxyl groups is 1. The van der Waals surface area contributed by atoms with E-state index in [2.05, 4.69) is 19.2 Å². The molecule has 0 spiro atoms. The van der Waals surface area contributed by atoms with Crippen LogP contribution in [0.3, 0.4) is 0 Å². The van der Waals surface area contributed by atoms with Gasteiger partial charge in [-0.1, -0.05) is 39.5 Å². The fourth-order valence-electron chi connectivity index (χ4n) is 2.53. The molecular formula is C13H27NO. The quantitative estimate of drug-likeness (QED) is 0.711. The Morgan fingerprint density at radius 3 is 2.53 bits per heavy atom. The van der Waals surface area contributed by atoms with Crippen LogP contribution in [0.5, 0.6) is 0 Å². The van der Waals surface area contributed by atoms with Crippen molar-refractivity contribution in [2.45, 2.75) is 64.4 Å². The summed E-state index contributed by atoms with van der Waals surface area (Å²) in [6, 6.07) is 0. The van der Waals surface area contributed by atoms with Crippen molar-refractivity contribution in [1.29, 1.82) is 0 Å². The molecule has 0 aromatic rings. The molecule has 1 rings (SSSR count). The van der Waals surface area contributed by atoms with Gasteiger partial charge in [-0.05, 0) is 31.7 Å². The minimum atomic E-state index is -0.399. The highest BCUT2D eigenvalue weighted by Crippen LogP contribution is 2.27. The van der Waals surface area contributed by atoms with Gasteiger partial charge in [-0.2, -0.15) is 0 Å². The predicted octanol–water partition coefficient (Wildman–Crippen LogP) is 2.71. The van der Waals surface area contributed by atoms with Crippen LogP contribution in [0.25, 0.3) is 0 Å². The Morgan fingerprint density at radius 1 is 1.27 bits per heavy atom. The van der Waals surface area contributed by atoms with Crippen molar-refractivity contribution < 1.29 is 5.11 Å². The highest BCUT2D eigenvalue weighted by Gasteiger charge is 2.28. The average molecular weight is 213 g/mol. The molecule has 0 heterocycles. The molecule has 2 heteroatoms. The number of rotatable bonds is 6. The summed E-state index contributed by atoms with van der Waals surface area (Å²) in [7, 11) is 0. The monoisotopic (exact) mass is 213 g/mol. The molecule has 0 aliphatic heterocycles. The zero-order valence-electron chi connectivity index (χ0n) is 10.4. The largest absolute Gasteiger partial charge is 0.389 e. The van der Waals surface area contributed by atoms with Crippen molar-refractivity contribution >= 4 is 0 Å². The van der Waals surface area contributed by atoms with Gasteiger partial charge in [-0.25, -0.2) is 0 Å². The summed E-state index contributed by atoms with van der Waals surface area (Å²) in [4.78, 5) is 0. The second-order valence-electron chi connectivity index (χ2n) is 5.31. The standard InChI is InChI=1S/C13H27NO/c1-3-7-12(2)10-14-11-13(15)8-5-4-6-9-13/h12,14-15H,3-11H2,1-2H3/t12-/m1/s1. The molecule has 0 bridgehead atoms. The lowest BCUT2D eigenvalue weighted by Crippen LogP contribution is -2.43. The second kappa shape index (κ2) is 6.49. The molecule has 0 unspecified atom stereocenters. The smallest absolute Gasteiger partial charge is 0.0771 e. The second-order valence-corrected chi connectivity index (χ2v) is 5.31. The molecular weight excluding hydrogens is 186 g/mol. The van der Waals surface area contributed by atoms with Gasteiger partial charge in [0.05, 0.1) is 5.60 Å². The molecule has 1 atom stereocenters. The molecule has 2 nitrogen and oxygen atoms in total. The Balaban J connectivity index is 2.12. The maximum absolute atomic E-state index is 10.3. The van der Waals surface area contributed by atoms with Crippen LogP contribution in [0.2, 0.25) is 0 Å². The summed E-state index contributed by atoms with van der Waals surface area (Å²) in [6.07, 6.45) is 8.21. The minimum Gasteiger partial charge on any atom is -0.389 e. The molecule has 0 aromatic carbocycles. The van der Waals surface area contributed by atoms with Crippen molar-refractivity contribution in [2.24, 2.45) is 5.92 Å². The van der Waals surface area contributed by atoms with Gasteiger partial charge in [0, 0.05) is 6.54 Å². The van der Waals surface area contributed by atoms with E-state index in [9.17, 15) is 5.11 Å². The van der Waals surface area contributed by atoms with Crippen molar-refractivity contribution in [3.05, 3.63) is 0 Å². The van der Waals surface area contributed by atoms with E-state index in [1.165, 1.54) is 32.1 Å². The Kier molecular flexibility index (Phi) is 5.62. The number of nitrogens with one attached hydrogen (secondary N) is 1. The van der Waals surface area contributed by atoms with Crippen molar-refractivity contribution in [3.63, 3.8) is 0 Å². The topological polar surface area (TPSA) is 32.3 Å². The molecule has 15 heavy (non-hydrogen) atoms. The third kappa shape index (κ3) is 4.98. The normalized spacial score (nSPS) is 22.6. The Labute approximate surface area is 94.5 Å². The lowest BCUT2D eigenvalue weighted by molar-refractivity contribution is 0.00440. The summed E-state index contributed by atoms with van der Waals surface area (Å²) >= 11 is 0. The molecule has 0 radical (unpaired) electrons. The van der Waals surface area contributed by atoms with Crippen LogP contribution in [0.1, 0.15) is 58.8 Å². The van der Waals surface area contributed by atoms with Crippen LogP contribution < -0.4 is 5.32 Å². The van der Waals surface area contributed by atoms with Gasteiger partial charge in [0.1, 0.15) is 0 Å².